The molecule has 0 radical (unpaired) electrons. The third-order valence-electron chi connectivity index (χ3n) is 2.23. The Balaban J connectivity index is 2.39. The number of ether oxygens (including phenoxy) is 1. The molecule has 0 spiro atoms. The SMILES string of the molecule is C=CCCCOc1ccc([C@H](C)N)cc1. The highest BCUT2D eigenvalue weighted by molar-refractivity contribution is 5.28. The first-order valence-corrected chi connectivity index (χ1v) is 5.33. The van der Waals surface area contributed by atoms with Crippen molar-refractivity contribution in [1.82, 2.24) is 0 Å². The fourth-order valence-corrected chi connectivity index (χ4v) is 1.29. The van der Waals surface area contributed by atoms with Gasteiger partial charge in [-0.15, -0.1) is 6.58 Å². The molecular weight excluding hydrogens is 186 g/mol. The molecule has 0 heterocycles. The van der Waals surface area contributed by atoms with Crippen molar-refractivity contribution in [2.45, 2.75) is 25.8 Å². The predicted molar refractivity (Wildman–Crippen MR) is 64.0 cm³/mol. The molecule has 82 valence electrons. The van der Waals surface area contributed by atoms with Crippen molar-refractivity contribution in [2.24, 2.45) is 5.73 Å². The zero-order chi connectivity index (χ0) is 11.1. The first kappa shape index (κ1) is 11.8. The summed E-state index contributed by atoms with van der Waals surface area (Å²) in [6.45, 7) is 6.38. The minimum absolute atomic E-state index is 0.0832. The smallest absolute Gasteiger partial charge is 0.119 e. The van der Waals surface area contributed by atoms with Gasteiger partial charge < -0.3 is 10.5 Å². The molecule has 0 saturated carbocycles. The summed E-state index contributed by atoms with van der Waals surface area (Å²) in [7, 11) is 0. The van der Waals surface area contributed by atoms with E-state index in [0.29, 0.717) is 0 Å². The third kappa shape index (κ3) is 4.17. The van der Waals surface area contributed by atoms with Gasteiger partial charge in [0.15, 0.2) is 0 Å². The van der Waals surface area contributed by atoms with E-state index >= 15 is 0 Å². The van der Waals surface area contributed by atoms with Gasteiger partial charge in [-0.05, 0) is 37.5 Å². The van der Waals surface area contributed by atoms with Crippen molar-refractivity contribution in [2.75, 3.05) is 6.61 Å². The minimum Gasteiger partial charge on any atom is -0.494 e. The average molecular weight is 205 g/mol. The Morgan fingerprint density at radius 3 is 2.60 bits per heavy atom. The van der Waals surface area contributed by atoms with Crippen LogP contribution >= 0.6 is 0 Å². The van der Waals surface area contributed by atoms with Gasteiger partial charge in [0.2, 0.25) is 0 Å². The van der Waals surface area contributed by atoms with E-state index in [1.165, 1.54) is 0 Å². The van der Waals surface area contributed by atoms with Crippen LogP contribution in [0.4, 0.5) is 0 Å². The lowest BCUT2D eigenvalue weighted by Gasteiger charge is -2.08. The summed E-state index contributed by atoms with van der Waals surface area (Å²) in [5, 5.41) is 0. The average Bonchev–Trinajstić information content (AvgIpc) is 2.25. The maximum atomic E-state index is 5.75. The predicted octanol–water partition coefficient (Wildman–Crippen LogP) is 3.05. The fraction of sp³-hybridized carbons (Fsp3) is 0.385. The highest BCUT2D eigenvalue weighted by Crippen LogP contribution is 2.16. The van der Waals surface area contributed by atoms with Gasteiger partial charge in [-0.1, -0.05) is 18.2 Å². The van der Waals surface area contributed by atoms with Crippen LogP contribution in [0.2, 0.25) is 0 Å². The molecule has 0 fully saturated rings. The zero-order valence-electron chi connectivity index (χ0n) is 9.28. The van der Waals surface area contributed by atoms with Gasteiger partial charge in [-0.3, -0.25) is 0 Å². The Morgan fingerprint density at radius 2 is 2.07 bits per heavy atom. The van der Waals surface area contributed by atoms with Gasteiger partial charge in [0.25, 0.3) is 0 Å². The second kappa shape index (κ2) is 6.25. The van der Waals surface area contributed by atoms with Crippen molar-refractivity contribution in [3.8, 4) is 5.75 Å². The molecule has 0 aromatic heterocycles. The largest absolute Gasteiger partial charge is 0.494 e. The summed E-state index contributed by atoms with van der Waals surface area (Å²) in [6, 6.07) is 8.03. The molecule has 0 aliphatic rings. The summed E-state index contributed by atoms with van der Waals surface area (Å²) in [5.74, 6) is 0.906. The lowest BCUT2D eigenvalue weighted by molar-refractivity contribution is 0.312. The van der Waals surface area contributed by atoms with Gasteiger partial charge in [0, 0.05) is 6.04 Å². The molecule has 2 N–H and O–H groups in total. The summed E-state index contributed by atoms with van der Waals surface area (Å²) in [5.41, 5.74) is 6.88. The second-order valence-electron chi connectivity index (χ2n) is 3.64. The maximum absolute atomic E-state index is 5.75. The topological polar surface area (TPSA) is 35.2 Å². The van der Waals surface area contributed by atoms with E-state index in [9.17, 15) is 0 Å². The van der Waals surface area contributed by atoms with Crippen molar-refractivity contribution in [1.29, 1.82) is 0 Å². The lowest BCUT2D eigenvalue weighted by atomic mass is 10.1. The van der Waals surface area contributed by atoms with E-state index in [-0.39, 0.29) is 6.04 Å². The minimum atomic E-state index is 0.0832. The first-order valence-electron chi connectivity index (χ1n) is 5.33. The van der Waals surface area contributed by atoms with Crippen molar-refractivity contribution >= 4 is 0 Å². The van der Waals surface area contributed by atoms with Crippen LogP contribution < -0.4 is 10.5 Å². The first-order chi connectivity index (χ1) is 7.24. The normalized spacial score (nSPS) is 12.1. The standard InChI is InChI=1S/C13H19NO/c1-3-4-5-10-15-13-8-6-12(7-9-13)11(2)14/h3,6-9,11H,1,4-5,10,14H2,2H3/t11-/m0/s1. The molecule has 0 amide bonds. The van der Waals surface area contributed by atoms with Crippen LogP contribution in [0.15, 0.2) is 36.9 Å². The van der Waals surface area contributed by atoms with Gasteiger partial charge >= 0.3 is 0 Å². The quantitative estimate of drug-likeness (QED) is 0.572. The summed E-state index contributed by atoms with van der Waals surface area (Å²) >= 11 is 0. The van der Waals surface area contributed by atoms with Crippen molar-refractivity contribution in [3.05, 3.63) is 42.5 Å². The fourth-order valence-electron chi connectivity index (χ4n) is 1.29. The van der Waals surface area contributed by atoms with E-state index in [2.05, 4.69) is 6.58 Å². The molecule has 2 heteroatoms. The molecular formula is C13H19NO. The lowest BCUT2D eigenvalue weighted by Crippen LogP contribution is -2.04. The zero-order valence-corrected chi connectivity index (χ0v) is 9.28. The van der Waals surface area contributed by atoms with Crippen molar-refractivity contribution < 1.29 is 4.74 Å². The summed E-state index contributed by atoms with van der Waals surface area (Å²) in [4.78, 5) is 0. The Labute approximate surface area is 91.7 Å². The van der Waals surface area contributed by atoms with E-state index < -0.39 is 0 Å². The van der Waals surface area contributed by atoms with Crippen LogP contribution in [0, 0.1) is 0 Å². The highest BCUT2D eigenvalue weighted by atomic mass is 16.5. The van der Waals surface area contributed by atoms with Crippen LogP contribution in [-0.4, -0.2) is 6.61 Å². The van der Waals surface area contributed by atoms with Gasteiger partial charge in [0.1, 0.15) is 5.75 Å². The number of allylic oxidation sites excluding steroid dienone is 1. The Kier molecular flexibility index (Phi) is 4.91. The van der Waals surface area contributed by atoms with E-state index in [0.717, 1.165) is 30.8 Å². The van der Waals surface area contributed by atoms with Crippen LogP contribution in [-0.2, 0) is 0 Å². The summed E-state index contributed by atoms with van der Waals surface area (Å²) in [6.07, 6.45) is 3.92. The molecule has 1 aromatic rings. The number of hydrogen-bond donors (Lipinski definition) is 1. The Hall–Kier alpha value is -1.28. The molecule has 15 heavy (non-hydrogen) atoms. The molecule has 1 atom stereocenters. The van der Waals surface area contributed by atoms with Gasteiger partial charge in [-0.2, -0.15) is 0 Å². The van der Waals surface area contributed by atoms with Gasteiger partial charge in [-0.25, -0.2) is 0 Å². The second-order valence-corrected chi connectivity index (χ2v) is 3.64. The molecule has 0 aliphatic carbocycles. The van der Waals surface area contributed by atoms with Crippen LogP contribution in [0.1, 0.15) is 31.4 Å². The van der Waals surface area contributed by atoms with Crippen molar-refractivity contribution in [3.63, 3.8) is 0 Å². The highest BCUT2D eigenvalue weighted by Gasteiger charge is 1.99. The number of benzene rings is 1. The van der Waals surface area contributed by atoms with Crippen LogP contribution in [0.25, 0.3) is 0 Å². The Bertz CT molecular complexity index is 290. The van der Waals surface area contributed by atoms with E-state index in [4.69, 9.17) is 10.5 Å². The van der Waals surface area contributed by atoms with Crippen LogP contribution in [0.5, 0.6) is 5.75 Å². The number of unbranched alkanes of at least 4 members (excludes halogenated alkanes) is 1. The monoisotopic (exact) mass is 205 g/mol. The molecule has 0 unspecified atom stereocenters. The Morgan fingerprint density at radius 1 is 1.40 bits per heavy atom. The molecule has 2 nitrogen and oxygen atoms in total. The molecule has 1 aromatic carbocycles. The number of hydrogen-bond acceptors (Lipinski definition) is 2. The number of nitrogens with two attached hydrogens (primary N) is 1. The van der Waals surface area contributed by atoms with Gasteiger partial charge in [0.05, 0.1) is 6.61 Å². The van der Waals surface area contributed by atoms with Crippen LogP contribution in [0.3, 0.4) is 0 Å². The molecule has 1 rings (SSSR count). The summed E-state index contributed by atoms with van der Waals surface area (Å²) < 4.78 is 5.55. The number of rotatable bonds is 6. The maximum Gasteiger partial charge on any atom is 0.119 e. The molecule has 0 bridgehead atoms. The molecule has 0 aliphatic heterocycles. The van der Waals surface area contributed by atoms with E-state index in [1.807, 2.05) is 37.3 Å². The third-order valence-corrected chi connectivity index (χ3v) is 2.23. The molecule has 0 saturated heterocycles. The van der Waals surface area contributed by atoms with E-state index in [1.54, 1.807) is 0 Å².